The van der Waals surface area contributed by atoms with Crippen LogP contribution < -0.4 is 4.90 Å². The van der Waals surface area contributed by atoms with Gasteiger partial charge in [0.05, 0.1) is 11.5 Å². The molecule has 0 atom stereocenters. The van der Waals surface area contributed by atoms with Gasteiger partial charge in [0.15, 0.2) is 5.52 Å². The number of nitro benzene ring substituents is 1. The van der Waals surface area contributed by atoms with Gasteiger partial charge in [-0.3, -0.25) is 10.1 Å². The first kappa shape index (κ1) is 21.1. The number of aliphatic hydroxyl groups is 1. The maximum absolute atomic E-state index is 11.8. The summed E-state index contributed by atoms with van der Waals surface area (Å²) < 4.78 is 4.87. The minimum atomic E-state index is -0.488. The van der Waals surface area contributed by atoms with Crippen LogP contribution >= 0.6 is 11.8 Å². The zero-order valence-corrected chi connectivity index (χ0v) is 17.9. The number of rotatable bonds is 6. The van der Waals surface area contributed by atoms with Crippen molar-refractivity contribution in [2.45, 2.75) is 42.9 Å². The molecular weight excluding hydrogens is 392 g/mol. The topological polar surface area (TPSA) is 106 Å². The van der Waals surface area contributed by atoms with Crippen molar-refractivity contribution in [1.29, 1.82) is 0 Å². The second-order valence-electron chi connectivity index (χ2n) is 7.91. The minimum absolute atomic E-state index is 0.0766. The number of aryl methyl sites for hydroxylation is 1. The fourth-order valence-electron chi connectivity index (χ4n) is 3.20. The third-order valence-electron chi connectivity index (χ3n) is 4.72. The van der Waals surface area contributed by atoms with Gasteiger partial charge in [0.25, 0.3) is 0 Å². The van der Waals surface area contributed by atoms with E-state index in [4.69, 9.17) is 4.63 Å². The SMILES string of the molecule is Cc1cccc(C(C)(C)C)c1Sc1cc(N(C)CCO)c([N+](=O)[O-])c2nonc12. The third kappa shape index (κ3) is 4.06. The summed E-state index contributed by atoms with van der Waals surface area (Å²) in [6.07, 6.45) is 0. The van der Waals surface area contributed by atoms with Gasteiger partial charge in [-0.1, -0.05) is 50.7 Å². The maximum Gasteiger partial charge on any atom is 0.323 e. The Morgan fingerprint density at radius 1 is 1.28 bits per heavy atom. The first-order chi connectivity index (χ1) is 13.6. The van der Waals surface area contributed by atoms with Crippen LogP contribution in [0.3, 0.4) is 0 Å². The Balaban J connectivity index is 2.24. The van der Waals surface area contributed by atoms with E-state index in [1.54, 1.807) is 18.0 Å². The van der Waals surface area contributed by atoms with Crippen molar-refractivity contribution >= 4 is 34.2 Å². The Bertz CT molecular complexity index is 1060. The van der Waals surface area contributed by atoms with Crippen molar-refractivity contribution in [3.05, 3.63) is 45.5 Å². The first-order valence-corrected chi connectivity index (χ1v) is 10.0. The van der Waals surface area contributed by atoms with Gasteiger partial charge in [0.1, 0.15) is 5.69 Å². The standard InChI is InChI=1S/C20H24N4O4S/c1-12-7-6-8-13(20(2,3)4)19(12)29-15-11-14(23(5)9-10-25)18(24(26)27)17-16(15)21-28-22-17/h6-8,11,25H,9-10H2,1-5H3. The van der Waals surface area contributed by atoms with Crippen LogP contribution in [0.5, 0.6) is 0 Å². The smallest absolute Gasteiger partial charge is 0.323 e. The van der Waals surface area contributed by atoms with Crippen LogP contribution in [0.4, 0.5) is 11.4 Å². The molecule has 29 heavy (non-hydrogen) atoms. The Kier molecular flexibility index (Phi) is 5.81. The van der Waals surface area contributed by atoms with E-state index in [9.17, 15) is 15.2 Å². The lowest BCUT2D eigenvalue weighted by molar-refractivity contribution is -0.382. The number of nitro groups is 1. The number of benzene rings is 2. The molecule has 0 fully saturated rings. The van der Waals surface area contributed by atoms with Crippen molar-refractivity contribution in [3.63, 3.8) is 0 Å². The molecule has 1 aromatic heterocycles. The van der Waals surface area contributed by atoms with Crippen LogP contribution in [0.2, 0.25) is 0 Å². The van der Waals surface area contributed by atoms with Gasteiger partial charge in [-0.25, -0.2) is 4.63 Å². The van der Waals surface area contributed by atoms with Crippen molar-refractivity contribution in [3.8, 4) is 0 Å². The second-order valence-corrected chi connectivity index (χ2v) is 8.96. The number of aliphatic hydroxyl groups excluding tert-OH is 1. The summed E-state index contributed by atoms with van der Waals surface area (Å²) in [5.41, 5.74) is 2.85. The molecule has 0 saturated carbocycles. The van der Waals surface area contributed by atoms with Crippen molar-refractivity contribution < 1.29 is 14.7 Å². The van der Waals surface area contributed by atoms with Crippen molar-refractivity contribution in [2.24, 2.45) is 0 Å². The number of hydrogen-bond donors (Lipinski definition) is 1. The monoisotopic (exact) mass is 416 g/mol. The van der Waals surface area contributed by atoms with Gasteiger partial charge in [0.2, 0.25) is 5.52 Å². The molecule has 0 aliphatic carbocycles. The highest BCUT2D eigenvalue weighted by atomic mass is 32.2. The lowest BCUT2D eigenvalue weighted by Gasteiger charge is -2.24. The normalized spacial score (nSPS) is 11.8. The quantitative estimate of drug-likeness (QED) is 0.468. The summed E-state index contributed by atoms with van der Waals surface area (Å²) in [5, 5.41) is 28.8. The Labute approximate surface area is 173 Å². The second kappa shape index (κ2) is 8.00. The number of nitrogens with zero attached hydrogens (tertiary/aromatic N) is 4. The summed E-state index contributed by atoms with van der Waals surface area (Å²) in [6, 6.07) is 7.89. The first-order valence-electron chi connectivity index (χ1n) is 9.18. The van der Waals surface area contributed by atoms with Gasteiger partial charge in [-0.05, 0) is 39.8 Å². The molecule has 8 nitrogen and oxygen atoms in total. The van der Waals surface area contributed by atoms with E-state index >= 15 is 0 Å². The molecule has 0 aliphatic heterocycles. The number of aromatic nitrogens is 2. The summed E-state index contributed by atoms with van der Waals surface area (Å²) in [4.78, 5) is 14.7. The van der Waals surface area contributed by atoms with Crippen LogP contribution in [-0.2, 0) is 5.41 Å². The number of likely N-dealkylation sites (N-methyl/N-ethyl adjacent to an activating group) is 1. The molecule has 1 N–H and O–H groups in total. The summed E-state index contributed by atoms with van der Waals surface area (Å²) >= 11 is 1.50. The van der Waals surface area contributed by atoms with Gasteiger partial charge in [-0.2, -0.15) is 0 Å². The largest absolute Gasteiger partial charge is 0.395 e. The zero-order valence-electron chi connectivity index (χ0n) is 17.1. The summed E-state index contributed by atoms with van der Waals surface area (Å²) in [7, 11) is 1.70. The molecule has 3 aromatic rings. The third-order valence-corrected chi connectivity index (χ3v) is 5.99. The summed E-state index contributed by atoms with van der Waals surface area (Å²) in [6.45, 7) is 8.61. The van der Waals surface area contributed by atoms with Crippen LogP contribution in [0.15, 0.2) is 38.7 Å². The number of anilines is 1. The van der Waals surface area contributed by atoms with E-state index in [-0.39, 0.29) is 29.8 Å². The molecule has 0 amide bonds. The maximum atomic E-state index is 11.8. The lowest BCUT2D eigenvalue weighted by atomic mass is 9.86. The minimum Gasteiger partial charge on any atom is -0.395 e. The predicted molar refractivity (Wildman–Crippen MR) is 113 cm³/mol. The van der Waals surface area contributed by atoms with Gasteiger partial charge in [0, 0.05) is 23.4 Å². The molecular formula is C20H24N4O4S. The summed E-state index contributed by atoms with van der Waals surface area (Å²) in [5.74, 6) is 0. The highest BCUT2D eigenvalue weighted by Crippen LogP contribution is 2.45. The van der Waals surface area contributed by atoms with Gasteiger partial charge in [-0.15, -0.1) is 0 Å². The molecule has 154 valence electrons. The molecule has 0 bridgehead atoms. The van der Waals surface area contributed by atoms with E-state index in [0.29, 0.717) is 16.1 Å². The molecule has 9 heteroatoms. The molecule has 1 heterocycles. The molecule has 0 saturated heterocycles. The average Bonchev–Trinajstić information content (AvgIpc) is 3.11. The van der Waals surface area contributed by atoms with Crippen molar-refractivity contribution in [1.82, 2.24) is 10.3 Å². The highest BCUT2D eigenvalue weighted by molar-refractivity contribution is 7.99. The van der Waals surface area contributed by atoms with Crippen molar-refractivity contribution in [2.75, 3.05) is 25.1 Å². The van der Waals surface area contributed by atoms with Crippen LogP contribution in [-0.4, -0.2) is 40.5 Å². The Morgan fingerprint density at radius 2 is 1.97 bits per heavy atom. The lowest BCUT2D eigenvalue weighted by Crippen LogP contribution is -2.22. The van der Waals surface area contributed by atoms with E-state index < -0.39 is 4.92 Å². The van der Waals surface area contributed by atoms with E-state index in [2.05, 4.69) is 37.2 Å². The fourth-order valence-corrected chi connectivity index (χ4v) is 4.53. The Morgan fingerprint density at radius 3 is 2.59 bits per heavy atom. The van der Waals surface area contributed by atoms with E-state index in [1.165, 1.54) is 17.3 Å². The molecule has 0 radical (unpaired) electrons. The van der Waals surface area contributed by atoms with Crippen LogP contribution in [0.1, 0.15) is 31.9 Å². The van der Waals surface area contributed by atoms with E-state index in [1.807, 2.05) is 19.1 Å². The highest BCUT2D eigenvalue weighted by Gasteiger charge is 2.29. The molecule has 0 unspecified atom stereocenters. The molecule has 0 aliphatic rings. The fraction of sp³-hybridized carbons (Fsp3) is 0.400. The number of fused-ring (bicyclic) bond motifs is 1. The predicted octanol–water partition coefficient (Wildman–Crippen LogP) is 4.32. The molecule has 0 spiro atoms. The zero-order chi connectivity index (χ0) is 21.3. The van der Waals surface area contributed by atoms with E-state index in [0.717, 1.165) is 10.5 Å². The van der Waals surface area contributed by atoms with Crippen LogP contribution in [0.25, 0.3) is 11.0 Å². The molecule has 2 aromatic carbocycles. The van der Waals surface area contributed by atoms with Gasteiger partial charge < -0.3 is 10.0 Å². The molecule has 3 rings (SSSR count). The van der Waals surface area contributed by atoms with Crippen LogP contribution in [0, 0.1) is 17.0 Å². The van der Waals surface area contributed by atoms with Gasteiger partial charge >= 0.3 is 5.69 Å². The Hall–Kier alpha value is -2.65. The average molecular weight is 417 g/mol. The number of hydrogen-bond acceptors (Lipinski definition) is 8.